The van der Waals surface area contributed by atoms with Crippen molar-refractivity contribution >= 4 is 29.1 Å². The Morgan fingerprint density at radius 3 is 2.73 bits per heavy atom. The lowest BCUT2D eigenvalue weighted by atomic mass is 10.2. The van der Waals surface area contributed by atoms with Gasteiger partial charge in [0.05, 0.1) is 6.04 Å². The van der Waals surface area contributed by atoms with Crippen molar-refractivity contribution in [2.75, 3.05) is 13.1 Å². The van der Waals surface area contributed by atoms with Crippen LogP contribution in [0.2, 0.25) is 0 Å². The largest absolute Gasteiger partial charge is 0.354 e. The summed E-state index contributed by atoms with van der Waals surface area (Å²) in [6.07, 6.45) is 0.0469. The van der Waals surface area contributed by atoms with Gasteiger partial charge >= 0.3 is 0 Å². The molecule has 0 aromatic rings. The summed E-state index contributed by atoms with van der Waals surface area (Å²) in [6.45, 7) is 0.734. The Morgan fingerprint density at radius 2 is 2.27 bits per heavy atom. The van der Waals surface area contributed by atoms with Crippen LogP contribution in [-0.2, 0) is 4.79 Å². The molecule has 1 aliphatic carbocycles. The molecule has 1 heterocycles. The van der Waals surface area contributed by atoms with Gasteiger partial charge in [-0.1, -0.05) is 0 Å². The van der Waals surface area contributed by atoms with Gasteiger partial charge in [-0.2, -0.15) is 0 Å². The van der Waals surface area contributed by atoms with Gasteiger partial charge in [-0.15, -0.1) is 23.2 Å². The Balaban J connectivity index is 1.69. The van der Waals surface area contributed by atoms with Crippen LogP contribution in [0.25, 0.3) is 0 Å². The highest BCUT2D eigenvalue weighted by Crippen LogP contribution is 2.52. The Labute approximate surface area is 97.7 Å². The molecule has 2 aliphatic rings. The molecule has 3 atom stereocenters. The van der Waals surface area contributed by atoms with E-state index < -0.39 is 16.5 Å². The lowest BCUT2D eigenvalue weighted by Gasteiger charge is -2.10. The van der Waals surface area contributed by atoms with E-state index in [2.05, 4.69) is 10.6 Å². The molecular formula is C9H13Cl2FN2O. The Hall–Kier alpha value is -0.0600. The maximum Gasteiger partial charge on any atom is 0.237 e. The Bertz CT molecular complexity index is 275. The summed E-state index contributed by atoms with van der Waals surface area (Å²) in [6, 6.07) is -0.404. The molecule has 0 bridgehead atoms. The number of nitrogens with one attached hydrogen (secondary N) is 2. The van der Waals surface area contributed by atoms with Crippen LogP contribution in [0, 0.1) is 5.92 Å². The minimum absolute atomic E-state index is 0.132. The van der Waals surface area contributed by atoms with E-state index >= 15 is 0 Å². The predicted octanol–water partition coefficient (Wildman–Crippen LogP) is 0.996. The number of hydrogen-bond donors (Lipinski definition) is 2. The fraction of sp³-hybridized carbons (Fsp3) is 0.889. The smallest absolute Gasteiger partial charge is 0.237 e. The van der Waals surface area contributed by atoms with Gasteiger partial charge in [0.2, 0.25) is 5.91 Å². The van der Waals surface area contributed by atoms with Crippen LogP contribution >= 0.6 is 23.2 Å². The van der Waals surface area contributed by atoms with Crippen molar-refractivity contribution in [2.24, 2.45) is 5.92 Å². The Morgan fingerprint density at radius 1 is 1.60 bits per heavy atom. The second-order valence-corrected chi connectivity index (χ2v) is 5.74. The third-order valence-electron chi connectivity index (χ3n) is 2.87. The Kier molecular flexibility index (Phi) is 3.10. The topological polar surface area (TPSA) is 41.1 Å². The molecule has 15 heavy (non-hydrogen) atoms. The van der Waals surface area contributed by atoms with Gasteiger partial charge in [-0.25, -0.2) is 4.39 Å². The average molecular weight is 255 g/mol. The first-order valence-electron chi connectivity index (χ1n) is 5.02. The van der Waals surface area contributed by atoms with Gasteiger partial charge in [-0.3, -0.25) is 4.79 Å². The van der Waals surface area contributed by atoms with E-state index in [1.165, 1.54) is 0 Å². The van der Waals surface area contributed by atoms with Crippen molar-refractivity contribution in [3.8, 4) is 0 Å². The minimum atomic E-state index is -0.915. The van der Waals surface area contributed by atoms with E-state index in [9.17, 15) is 9.18 Å². The lowest BCUT2D eigenvalue weighted by molar-refractivity contribution is -0.122. The monoisotopic (exact) mass is 254 g/mol. The third-order valence-corrected chi connectivity index (χ3v) is 3.80. The summed E-state index contributed by atoms with van der Waals surface area (Å²) in [5, 5.41) is 5.54. The van der Waals surface area contributed by atoms with Crippen molar-refractivity contribution in [2.45, 2.75) is 29.4 Å². The molecule has 0 radical (unpaired) electrons. The number of carbonyl (C=O) groups excluding carboxylic acids is 1. The standard InChI is InChI=1S/C9H13Cl2FN2O/c10-9(11)2-5(9)3-14-8(15)7-1-6(12)4-13-7/h5-7,13H,1-4H2,(H,14,15)/t5-,6?,7?/m1/s1. The van der Waals surface area contributed by atoms with Gasteiger partial charge in [0.25, 0.3) is 0 Å². The van der Waals surface area contributed by atoms with Crippen LogP contribution in [0.4, 0.5) is 4.39 Å². The van der Waals surface area contributed by atoms with Gasteiger partial charge in [-0.05, 0) is 6.42 Å². The molecule has 6 heteroatoms. The molecule has 1 saturated heterocycles. The number of halogens is 3. The number of amides is 1. The maximum absolute atomic E-state index is 12.8. The molecule has 2 fully saturated rings. The van der Waals surface area contributed by atoms with Crippen LogP contribution in [0.15, 0.2) is 0 Å². The lowest BCUT2D eigenvalue weighted by Crippen LogP contribution is -2.41. The first-order chi connectivity index (χ1) is 6.99. The highest BCUT2D eigenvalue weighted by atomic mass is 35.5. The highest BCUT2D eigenvalue weighted by molar-refractivity contribution is 6.50. The highest BCUT2D eigenvalue weighted by Gasteiger charge is 2.51. The summed E-state index contributed by atoms with van der Waals surface area (Å²) in [4.78, 5) is 11.5. The molecule has 0 aromatic heterocycles. The zero-order chi connectivity index (χ0) is 11.1. The number of alkyl halides is 3. The summed E-state index contributed by atoms with van der Waals surface area (Å²) >= 11 is 11.6. The van der Waals surface area contributed by atoms with Gasteiger partial charge in [0.15, 0.2) is 0 Å². The summed E-state index contributed by atoms with van der Waals surface area (Å²) < 4.78 is 12.1. The first kappa shape index (κ1) is 11.4. The van der Waals surface area contributed by atoms with Crippen molar-refractivity contribution in [1.29, 1.82) is 0 Å². The summed E-state index contributed by atoms with van der Waals surface area (Å²) in [5.74, 6) is -0.0291. The van der Waals surface area contributed by atoms with Crippen LogP contribution in [0.5, 0.6) is 0 Å². The molecule has 2 rings (SSSR count). The molecule has 86 valence electrons. The average Bonchev–Trinajstić information content (AvgIpc) is 2.59. The zero-order valence-electron chi connectivity index (χ0n) is 8.10. The number of hydrogen-bond acceptors (Lipinski definition) is 2. The molecular weight excluding hydrogens is 242 g/mol. The minimum Gasteiger partial charge on any atom is -0.354 e. The van der Waals surface area contributed by atoms with E-state index in [-0.39, 0.29) is 24.8 Å². The molecule has 1 saturated carbocycles. The van der Waals surface area contributed by atoms with Crippen LogP contribution < -0.4 is 10.6 Å². The van der Waals surface area contributed by atoms with Gasteiger partial charge in [0, 0.05) is 25.4 Å². The van der Waals surface area contributed by atoms with Crippen LogP contribution in [0.1, 0.15) is 12.8 Å². The van der Waals surface area contributed by atoms with Crippen molar-refractivity contribution < 1.29 is 9.18 Å². The summed E-state index contributed by atoms with van der Waals surface area (Å²) in [5.41, 5.74) is 0. The van der Waals surface area contributed by atoms with Crippen LogP contribution in [-0.4, -0.2) is 35.5 Å². The van der Waals surface area contributed by atoms with E-state index in [0.717, 1.165) is 0 Å². The van der Waals surface area contributed by atoms with Gasteiger partial charge < -0.3 is 10.6 Å². The normalized spacial score (nSPS) is 37.7. The number of carbonyl (C=O) groups is 1. The third kappa shape index (κ3) is 2.74. The fourth-order valence-electron chi connectivity index (χ4n) is 1.73. The molecule has 0 spiro atoms. The van der Waals surface area contributed by atoms with E-state index in [4.69, 9.17) is 23.2 Å². The SMILES string of the molecule is O=C(NC[C@H]1CC1(Cl)Cl)C1CC(F)CN1. The molecule has 2 unspecified atom stereocenters. The van der Waals surface area contributed by atoms with Crippen molar-refractivity contribution in [1.82, 2.24) is 10.6 Å². The second-order valence-electron chi connectivity index (χ2n) is 4.20. The maximum atomic E-state index is 12.8. The molecule has 3 nitrogen and oxygen atoms in total. The van der Waals surface area contributed by atoms with E-state index in [1.54, 1.807) is 0 Å². The molecule has 1 amide bonds. The van der Waals surface area contributed by atoms with Crippen LogP contribution in [0.3, 0.4) is 0 Å². The molecule has 1 aliphatic heterocycles. The fourth-order valence-corrected chi connectivity index (χ4v) is 2.26. The first-order valence-corrected chi connectivity index (χ1v) is 5.77. The number of rotatable bonds is 3. The summed E-state index contributed by atoms with van der Waals surface area (Å²) in [7, 11) is 0. The quantitative estimate of drug-likeness (QED) is 0.738. The van der Waals surface area contributed by atoms with Crippen molar-refractivity contribution in [3.63, 3.8) is 0 Å². The predicted molar refractivity (Wildman–Crippen MR) is 56.9 cm³/mol. The van der Waals surface area contributed by atoms with E-state index in [1.807, 2.05) is 0 Å². The zero-order valence-corrected chi connectivity index (χ0v) is 9.61. The molecule has 2 N–H and O–H groups in total. The molecule has 0 aromatic carbocycles. The second kappa shape index (κ2) is 4.07. The van der Waals surface area contributed by atoms with E-state index in [0.29, 0.717) is 13.0 Å². The van der Waals surface area contributed by atoms with Crippen molar-refractivity contribution in [3.05, 3.63) is 0 Å². The van der Waals surface area contributed by atoms with Gasteiger partial charge in [0.1, 0.15) is 10.5 Å².